The van der Waals surface area contributed by atoms with Crippen molar-refractivity contribution in [3.05, 3.63) is 53.1 Å². The second kappa shape index (κ2) is 6.09. The highest BCUT2D eigenvalue weighted by molar-refractivity contribution is 7.99. The van der Waals surface area contributed by atoms with Gasteiger partial charge in [0.1, 0.15) is 0 Å². The van der Waals surface area contributed by atoms with Crippen molar-refractivity contribution in [2.75, 3.05) is 6.26 Å². The molecule has 0 aliphatic rings. The van der Waals surface area contributed by atoms with Gasteiger partial charge in [-0.2, -0.15) is 0 Å². The Morgan fingerprint density at radius 1 is 1.10 bits per heavy atom. The van der Waals surface area contributed by atoms with Crippen molar-refractivity contribution < 1.29 is 18.3 Å². The molecule has 0 bridgehead atoms. The van der Waals surface area contributed by atoms with E-state index in [0.717, 1.165) is 16.0 Å². The quantitative estimate of drug-likeness (QED) is 0.919. The van der Waals surface area contributed by atoms with Gasteiger partial charge in [0.05, 0.1) is 15.5 Å². The van der Waals surface area contributed by atoms with E-state index < -0.39 is 15.8 Å². The Morgan fingerprint density at radius 3 is 2.14 bits per heavy atom. The number of aromatic carboxylic acids is 1. The van der Waals surface area contributed by atoms with Crippen LogP contribution in [-0.4, -0.2) is 25.7 Å². The molecule has 7 heteroatoms. The standard InChI is InChI=1S/C14H11ClO4S2/c1-21(18,19)11-5-2-9(3-6-11)20-10-4-7-12(14(16)17)13(15)8-10/h2-8H,1H3,(H,16,17). The highest BCUT2D eigenvalue weighted by Crippen LogP contribution is 2.31. The van der Waals surface area contributed by atoms with E-state index in [4.69, 9.17) is 16.7 Å². The number of carbonyl (C=O) groups is 1. The summed E-state index contributed by atoms with van der Waals surface area (Å²) in [5.41, 5.74) is 0.0495. The Balaban J connectivity index is 2.23. The summed E-state index contributed by atoms with van der Waals surface area (Å²) in [4.78, 5) is 12.7. The second-order valence-electron chi connectivity index (χ2n) is 4.29. The van der Waals surface area contributed by atoms with Gasteiger partial charge in [-0.05, 0) is 42.5 Å². The molecule has 0 aliphatic heterocycles. The highest BCUT2D eigenvalue weighted by Gasteiger charge is 2.10. The molecular weight excluding hydrogens is 332 g/mol. The zero-order chi connectivity index (χ0) is 15.6. The first-order valence-corrected chi connectivity index (χ1v) is 8.87. The lowest BCUT2D eigenvalue weighted by molar-refractivity contribution is 0.0697. The summed E-state index contributed by atoms with van der Waals surface area (Å²) in [6.45, 7) is 0. The lowest BCUT2D eigenvalue weighted by Gasteiger charge is -2.05. The van der Waals surface area contributed by atoms with Gasteiger partial charge >= 0.3 is 5.97 Å². The van der Waals surface area contributed by atoms with E-state index in [1.165, 1.54) is 30.0 Å². The second-order valence-corrected chi connectivity index (χ2v) is 7.86. The summed E-state index contributed by atoms with van der Waals surface area (Å²) >= 11 is 7.27. The fraction of sp³-hybridized carbons (Fsp3) is 0.0714. The third-order valence-corrected chi connectivity index (χ3v) is 5.10. The van der Waals surface area contributed by atoms with Crippen molar-refractivity contribution >= 4 is 39.2 Å². The molecule has 0 unspecified atom stereocenters. The minimum Gasteiger partial charge on any atom is -0.478 e. The van der Waals surface area contributed by atoms with Crippen LogP contribution in [0.2, 0.25) is 5.02 Å². The fourth-order valence-electron chi connectivity index (χ4n) is 1.62. The van der Waals surface area contributed by atoms with Crippen LogP contribution in [0.5, 0.6) is 0 Å². The number of sulfone groups is 1. The highest BCUT2D eigenvalue weighted by atomic mass is 35.5. The molecule has 0 atom stereocenters. The summed E-state index contributed by atoms with van der Waals surface area (Å²) in [6.07, 6.45) is 1.15. The van der Waals surface area contributed by atoms with Gasteiger partial charge in [-0.3, -0.25) is 0 Å². The van der Waals surface area contributed by atoms with Crippen LogP contribution in [0.1, 0.15) is 10.4 Å². The number of halogens is 1. The zero-order valence-corrected chi connectivity index (χ0v) is 13.3. The lowest BCUT2D eigenvalue weighted by atomic mass is 10.2. The molecule has 4 nitrogen and oxygen atoms in total. The predicted octanol–water partition coefficient (Wildman–Crippen LogP) is 3.59. The summed E-state index contributed by atoms with van der Waals surface area (Å²) in [5.74, 6) is -1.07. The molecule has 1 N–H and O–H groups in total. The first-order valence-electron chi connectivity index (χ1n) is 5.78. The lowest BCUT2D eigenvalue weighted by Crippen LogP contribution is -1.97. The minimum absolute atomic E-state index is 0.0495. The van der Waals surface area contributed by atoms with Gasteiger partial charge < -0.3 is 5.11 Å². The van der Waals surface area contributed by atoms with Crippen LogP contribution in [0.4, 0.5) is 0 Å². The molecular formula is C14H11ClO4S2. The molecule has 0 amide bonds. The molecule has 0 saturated heterocycles. The molecule has 0 heterocycles. The first kappa shape index (κ1) is 15.9. The van der Waals surface area contributed by atoms with Crippen LogP contribution < -0.4 is 0 Å². The Hall–Kier alpha value is -1.50. The molecule has 2 aromatic rings. The third kappa shape index (κ3) is 4.00. The van der Waals surface area contributed by atoms with Crippen molar-refractivity contribution in [3.8, 4) is 0 Å². The third-order valence-electron chi connectivity index (χ3n) is 2.66. The number of carboxylic acid groups (broad SMARTS) is 1. The molecule has 2 aromatic carbocycles. The van der Waals surface area contributed by atoms with Gasteiger partial charge in [-0.25, -0.2) is 13.2 Å². The van der Waals surface area contributed by atoms with Crippen molar-refractivity contribution in [1.82, 2.24) is 0 Å². The largest absolute Gasteiger partial charge is 0.478 e. The predicted molar refractivity (Wildman–Crippen MR) is 82.1 cm³/mol. The van der Waals surface area contributed by atoms with Gasteiger partial charge in [-0.1, -0.05) is 23.4 Å². The first-order chi connectivity index (χ1) is 9.77. The Labute approximate surface area is 131 Å². The Bertz CT molecular complexity index is 783. The average Bonchev–Trinajstić information content (AvgIpc) is 2.38. The van der Waals surface area contributed by atoms with Crippen LogP contribution in [-0.2, 0) is 9.84 Å². The number of benzene rings is 2. The smallest absolute Gasteiger partial charge is 0.337 e. The topological polar surface area (TPSA) is 71.4 Å². The molecule has 0 aliphatic carbocycles. The molecule has 0 saturated carbocycles. The van der Waals surface area contributed by atoms with Crippen LogP contribution in [0.15, 0.2) is 57.2 Å². The number of hydrogen-bond acceptors (Lipinski definition) is 4. The maximum Gasteiger partial charge on any atom is 0.337 e. The zero-order valence-electron chi connectivity index (χ0n) is 10.9. The van der Waals surface area contributed by atoms with Crippen LogP contribution in [0.3, 0.4) is 0 Å². The summed E-state index contributed by atoms with van der Waals surface area (Å²) < 4.78 is 22.7. The van der Waals surface area contributed by atoms with Crippen LogP contribution >= 0.6 is 23.4 Å². The van der Waals surface area contributed by atoms with Crippen LogP contribution in [0.25, 0.3) is 0 Å². The summed E-state index contributed by atoms with van der Waals surface area (Å²) in [5, 5.41) is 9.07. The van der Waals surface area contributed by atoms with E-state index in [-0.39, 0.29) is 15.5 Å². The normalized spacial score (nSPS) is 11.3. The number of rotatable bonds is 4. The van der Waals surface area contributed by atoms with Gasteiger partial charge in [0.2, 0.25) is 0 Å². The maximum absolute atomic E-state index is 11.4. The fourth-order valence-corrected chi connectivity index (χ4v) is 3.44. The van der Waals surface area contributed by atoms with Crippen molar-refractivity contribution in [1.29, 1.82) is 0 Å². The van der Waals surface area contributed by atoms with Gasteiger partial charge in [-0.15, -0.1) is 0 Å². The molecule has 0 fully saturated rings. The summed E-state index contributed by atoms with van der Waals surface area (Å²) in [7, 11) is -3.21. The average molecular weight is 343 g/mol. The monoisotopic (exact) mass is 342 g/mol. The molecule has 110 valence electrons. The molecule has 21 heavy (non-hydrogen) atoms. The molecule has 0 spiro atoms. The van der Waals surface area contributed by atoms with Gasteiger partial charge in [0.15, 0.2) is 9.84 Å². The number of hydrogen-bond donors (Lipinski definition) is 1. The van der Waals surface area contributed by atoms with E-state index in [9.17, 15) is 13.2 Å². The van der Waals surface area contributed by atoms with E-state index in [1.807, 2.05) is 0 Å². The molecule has 2 rings (SSSR count). The summed E-state index contributed by atoms with van der Waals surface area (Å²) in [6, 6.07) is 11.1. The van der Waals surface area contributed by atoms with Crippen LogP contribution in [0, 0.1) is 0 Å². The van der Waals surface area contributed by atoms with E-state index in [1.54, 1.807) is 24.3 Å². The molecule has 0 radical (unpaired) electrons. The number of carboxylic acids is 1. The van der Waals surface area contributed by atoms with E-state index in [0.29, 0.717) is 0 Å². The maximum atomic E-state index is 11.4. The Kier molecular flexibility index (Phi) is 4.61. The van der Waals surface area contributed by atoms with Gasteiger partial charge in [0, 0.05) is 16.0 Å². The van der Waals surface area contributed by atoms with E-state index in [2.05, 4.69) is 0 Å². The van der Waals surface area contributed by atoms with Crippen molar-refractivity contribution in [3.63, 3.8) is 0 Å². The van der Waals surface area contributed by atoms with Crippen molar-refractivity contribution in [2.45, 2.75) is 14.7 Å². The van der Waals surface area contributed by atoms with Gasteiger partial charge in [0.25, 0.3) is 0 Å². The Morgan fingerprint density at radius 2 is 1.67 bits per heavy atom. The van der Waals surface area contributed by atoms with Crippen molar-refractivity contribution in [2.24, 2.45) is 0 Å². The van der Waals surface area contributed by atoms with E-state index >= 15 is 0 Å². The SMILES string of the molecule is CS(=O)(=O)c1ccc(Sc2ccc(C(=O)O)c(Cl)c2)cc1. The molecule has 0 aromatic heterocycles. The minimum atomic E-state index is -3.21.